The maximum Gasteiger partial charge on any atom is 0.239 e. The molecule has 2 atom stereocenters. The van der Waals surface area contributed by atoms with E-state index in [0.717, 1.165) is 19.6 Å². The van der Waals surface area contributed by atoms with Gasteiger partial charge in [-0.3, -0.25) is 9.69 Å². The standard InChI is InChI=1S/C11H23N3O/c1-9(11(15)13(3)4)14-6-5-10(8-14)7-12-2/h9-10,12H,5-8H2,1-4H3. The van der Waals surface area contributed by atoms with Crippen molar-refractivity contribution in [3.63, 3.8) is 0 Å². The van der Waals surface area contributed by atoms with Crippen LogP contribution < -0.4 is 5.32 Å². The van der Waals surface area contributed by atoms with Crippen molar-refractivity contribution in [3.05, 3.63) is 0 Å². The SMILES string of the molecule is CNCC1CCN(C(C)C(=O)N(C)C)C1. The van der Waals surface area contributed by atoms with Crippen molar-refractivity contribution in [2.75, 3.05) is 40.8 Å². The Morgan fingerprint density at radius 1 is 1.60 bits per heavy atom. The van der Waals surface area contributed by atoms with Crippen molar-refractivity contribution in [2.45, 2.75) is 19.4 Å². The topological polar surface area (TPSA) is 35.6 Å². The van der Waals surface area contributed by atoms with Gasteiger partial charge in [0.05, 0.1) is 6.04 Å². The smallest absolute Gasteiger partial charge is 0.239 e. The molecule has 88 valence electrons. The Labute approximate surface area is 92.6 Å². The Bertz CT molecular complexity index is 218. The molecule has 15 heavy (non-hydrogen) atoms. The minimum absolute atomic E-state index is 0.0295. The maximum absolute atomic E-state index is 11.8. The molecule has 1 aliphatic heterocycles. The van der Waals surface area contributed by atoms with Crippen LogP contribution in [-0.4, -0.2) is 62.5 Å². The van der Waals surface area contributed by atoms with E-state index in [-0.39, 0.29) is 11.9 Å². The van der Waals surface area contributed by atoms with Gasteiger partial charge in [-0.2, -0.15) is 0 Å². The number of hydrogen-bond acceptors (Lipinski definition) is 3. The highest BCUT2D eigenvalue weighted by Crippen LogP contribution is 2.18. The molecule has 1 heterocycles. The molecule has 0 aliphatic carbocycles. The summed E-state index contributed by atoms with van der Waals surface area (Å²) in [5.74, 6) is 0.910. The molecule has 1 rings (SSSR count). The first-order valence-electron chi connectivity index (χ1n) is 5.66. The molecule has 1 amide bonds. The van der Waals surface area contributed by atoms with Gasteiger partial charge in [0.25, 0.3) is 0 Å². The van der Waals surface area contributed by atoms with Crippen molar-refractivity contribution in [2.24, 2.45) is 5.92 Å². The Morgan fingerprint density at radius 3 is 2.80 bits per heavy atom. The Morgan fingerprint density at radius 2 is 2.27 bits per heavy atom. The van der Waals surface area contributed by atoms with Crippen LogP contribution in [0.3, 0.4) is 0 Å². The van der Waals surface area contributed by atoms with E-state index in [1.807, 2.05) is 28.1 Å². The van der Waals surface area contributed by atoms with Crippen LogP contribution in [0.15, 0.2) is 0 Å². The fraction of sp³-hybridized carbons (Fsp3) is 0.909. The molecule has 1 fully saturated rings. The lowest BCUT2D eigenvalue weighted by atomic mass is 10.1. The lowest BCUT2D eigenvalue weighted by Gasteiger charge is -2.26. The predicted octanol–water partition coefficient (Wildman–Crippen LogP) is 0.00440. The third-order valence-corrected chi connectivity index (χ3v) is 3.16. The van der Waals surface area contributed by atoms with E-state index in [2.05, 4.69) is 10.2 Å². The number of rotatable bonds is 4. The van der Waals surface area contributed by atoms with Crippen LogP contribution in [0.2, 0.25) is 0 Å². The number of carbonyl (C=O) groups is 1. The van der Waals surface area contributed by atoms with E-state index in [4.69, 9.17) is 0 Å². The molecule has 0 saturated carbocycles. The van der Waals surface area contributed by atoms with Gasteiger partial charge < -0.3 is 10.2 Å². The van der Waals surface area contributed by atoms with Gasteiger partial charge >= 0.3 is 0 Å². The fourth-order valence-electron chi connectivity index (χ4n) is 2.20. The molecular formula is C11H23N3O. The molecule has 1 saturated heterocycles. The first-order valence-corrected chi connectivity index (χ1v) is 5.66. The molecule has 4 nitrogen and oxygen atoms in total. The second kappa shape index (κ2) is 5.47. The van der Waals surface area contributed by atoms with Gasteiger partial charge in [0.2, 0.25) is 5.91 Å². The molecule has 0 aromatic carbocycles. The lowest BCUT2D eigenvalue weighted by molar-refractivity contribution is -0.133. The quantitative estimate of drug-likeness (QED) is 0.714. The van der Waals surface area contributed by atoms with E-state index < -0.39 is 0 Å². The Balaban J connectivity index is 2.42. The van der Waals surface area contributed by atoms with Crippen molar-refractivity contribution in [3.8, 4) is 0 Å². The van der Waals surface area contributed by atoms with E-state index in [9.17, 15) is 4.79 Å². The van der Waals surface area contributed by atoms with E-state index in [1.165, 1.54) is 6.42 Å². The predicted molar refractivity (Wildman–Crippen MR) is 61.8 cm³/mol. The summed E-state index contributed by atoms with van der Waals surface area (Å²) in [4.78, 5) is 15.7. The molecule has 0 aromatic rings. The minimum atomic E-state index is 0.0295. The molecule has 1 aliphatic rings. The normalized spacial score (nSPS) is 24.1. The molecule has 0 bridgehead atoms. The van der Waals surface area contributed by atoms with Crippen LogP contribution in [0.25, 0.3) is 0 Å². The summed E-state index contributed by atoms with van der Waals surface area (Å²) in [5, 5.41) is 3.20. The summed E-state index contributed by atoms with van der Waals surface area (Å²) in [6, 6.07) is 0.0295. The van der Waals surface area contributed by atoms with Gasteiger partial charge in [-0.05, 0) is 39.4 Å². The number of likely N-dealkylation sites (tertiary alicyclic amines) is 1. The zero-order valence-electron chi connectivity index (χ0n) is 10.3. The van der Waals surface area contributed by atoms with Crippen molar-refractivity contribution in [1.29, 1.82) is 0 Å². The summed E-state index contributed by atoms with van der Waals surface area (Å²) in [6.07, 6.45) is 1.20. The van der Waals surface area contributed by atoms with E-state index >= 15 is 0 Å². The van der Waals surface area contributed by atoms with Gasteiger partial charge in [0.1, 0.15) is 0 Å². The molecule has 0 radical (unpaired) electrons. The van der Waals surface area contributed by atoms with Crippen LogP contribution in [0.5, 0.6) is 0 Å². The average molecular weight is 213 g/mol. The number of likely N-dealkylation sites (N-methyl/N-ethyl adjacent to an activating group) is 1. The molecular weight excluding hydrogens is 190 g/mol. The molecule has 4 heteroatoms. The first kappa shape index (κ1) is 12.5. The highest BCUT2D eigenvalue weighted by molar-refractivity contribution is 5.80. The molecule has 0 spiro atoms. The molecule has 0 aromatic heterocycles. The lowest BCUT2D eigenvalue weighted by Crippen LogP contribution is -2.43. The van der Waals surface area contributed by atoms with E-state index in [0.29, 0.717) is 5.92 Å². The van der Waals surface area contributed by atoms with Crippen LogP contribution in [0.4, 0.5) is 0 Å². The second-order valence-corrected chi connectivity index (χ2v) is 4.62. The summed E-state index contributed by atoms with van der Waals surface area (Å²) in [6.45, 7) is 5.15. The third kappa shape index (κ3) is 3.18. The highest BCUT2D eigenvalue weighted by atomic mass is 16.2. The fourth-order valence-corrected chi connectivity index (χ4v) is 2.20. The molecule has 1 N–H and O–H groups in total. The highest BCUT2D eigenvalue weighted by Gasteiger charge is 2.29. The van der Waals surface area contributed by atoms with Crippen molar-refractivity contribution >= 4 is 5.91 Å². The monoisotopic (exact) mass is 213 g/mol. The zero-order chi connectivity index (χ0) is 11.4. The summed E-state index contributed by atoms with van der Waals surface area (Å²) >= 11 is 0. The van der Waals surface area contributed by atoms with Gasteiger partial charge in [-0.1, -0.05) is 0 Å². The number of amides is 1. The Kier molecular flexibility index (Phi) is 4.54. The largest absolute Gasteiger partial charge is 0.347 e. The van der Waals surface area contributed by atoms with Gasteiger partial charge in [0.15, 0.2) is 0 Å². The number of carbonyl (C=O) groups excluding carboxylic acids is 1. The van der Waals surface area contributed by atoms with Gasteiger partial charge in [-0.25, -0.2) is 0 Å². The van der Waals surface area contributed by atoms with Crippen LogP contribution in [-0.2, 0) is 4.79 Å². The van der Waals surface area contributed by atoms with Crippen molar-refractivity contribution < 1.29 is 4.79 Å². The van der Waals surface area contributed by atoms with E-state index in [1.54, 1.807) is 4.90 Å². The zero-order valence-corrected chi connectivity index (χ0v) is 10.3. The maximum atomic E-state index is 11.8. The molecule has 2 unspecified atom stereocenters. The van der Waals surface area contributed by atoms with Crippen LogP contribution in [0.1, 0.15) is 13.3 Å². The number of nitrogens with one attached hydrogen (secondary N) is 1. The summed E-state index contributed by atoms with van der Waals surface area (Å²) < 4.78 is 0. The average Bonchev–Trinajstić information content (AvgIpc) is 2.64. The van der Waals surface area contributed by atoms with Crippen molar-refractivity contribution in [1.82, 2.24) is 15.1 Å². The van der Waals surface area contributed by atoms with Crippen LogP contribution >= 0.6 is 0 Å². The van der Waals surface area contributed by atoms with Gasteiger partial charge in [-0.15, -0.1) is 0 Å². The first-order chi connectivity index (χ1) is 7.06. The van der Waals surface area contributed by atoms with Gasteiger partial charge in [0, 0.05) is 20.6 Å². The Hall–Kier alpha value is -0.610. The number of nitrogens with zero attached hydrogens (tertiary/aromatic N) is 2. The number of hydrogen-bond donors (Lipinski definition) is 1. The minimum Gasteiger partial charge on any atom is -0.347 e. The third-order valence-electron chi connectivity index (χ3n) is 3.16. The second-order valence-electron chi connectivity index (χ2n) is 4.62. The van der Waals surface area contributed by atoms with Crippen LogP contribution in [0, 0.1) is 5.92 Å². The summed E-state index contributed by atoms with van der Waals surface area (Å²) in [7, 11) is 5.62. The summed E-state index contributed by atoms with van der Waals surface area (Å²) in [5.41, 5.74) is 0.